The first-order valence-electron chi connectivity index (χ1n) is 18.2. The lowest BCUT2D eigenvalue weighted by atomic mass is 9.93. The molecule has 1 aliphatic rings. The molecule has 2 N–H and O–H groups in total. The molecule has 1 aliphatic heterocycles. The summed E-state index contributed by atoms with van der Waals surface area (Å²) in [4.78, 5) is 32.5. The summed E-state index contributed by atoms with van der Waals surface area (Å²) in [6, 6.07) is 29.5. The highest BCUT2D eigenvalue weighted by molar-refractivity contribution is 7.92. The lowest BCUT2D eigenvalue weighted by Crippen LogP contribution is -2.46. The summed E-state index contributed by atoms with van der Waals surface area (Å²) < 4.78 is 18.3. The minimum Gasteiger partial charge on any atom is -0.588 e. The van der Waals surface area contributed by atoms with Gasteiger partial charge < -0.3 is 19.5 Å². The first kappa shape index (κ1) is 38.1. The Morgan fingerprint density at radius 2 is 1.57 bits per heavy atom. The van der Waals surface area contributed by atoms with E-state index in [1.165, 1.54) is 0 Å². The summed E-state index contributed by atoms with van der Waals surface area (Å²) in [6.07, 6.45) is 4.28. The highest BCUT2D eigenvalue weighted by Crippen LogP contribution is 2.30. The van der Waals surface area contributed by atoms with E-state index in [1.54, 1.807) is 46.0 Å². The number of rotatable bonds is 14. The van der Waals surface area contributed by atoms with Gasteiger partial charge in [-0.1, -0.05) is 74.7 Å². The van der Waals surface area contributed by atoms with Crippen molar-refractivity contribution in [3.05, 3.63) is 130 Å². The molecule has 276 valence electrons. The van der Waals surface area contributed by atoms with Crippen LogP contribution in [0.15, 0.2) is 102 Å². The van der Waals surface area contributed by atoms with E-state index in [4.69, 9.17) is 16.7 Å². The average Bonchev–Trinajstić information content (AvgIpc) is 3.58. The number of aliphatic hydroxyl groups is 1. The van der Waals surface area contributed by atoms with E-state index in [0.717, 1.165) is 47.9 Å². The van der Waals surface area contributed by atoms with Gasteiger partial charge in [-0.2, -0.15) is 5.10 Å². The van der Waals surface area contributed by atoms with E-state index in [2.05, 4.69) is 18.6 Å². The lowest BCUT2D eigenvalue weighted by Gasteiger charge is -2.36. The van der Waals surface area contributed by atoms with Gasteiger partial charge in [-0.3, -0.25) is 9.59 Å². The van der Waals surface area contributed by atoms with Crippen LogP contribution >= 0.6 is 11.6 Å². The second-order valence-corrected chi connectivity index (χ2v) is 15.1. The number of nitrogens with zero attached hydrogens (tertiary/aromatic N) is 4. The molecule has 0 saturated heterocycles. The van der Waals surface area contributed by atoms with Gasteiger partial charge in [0.15, 0.2) is 10.6 Å². The van der Waals surface area contributed by atoms with Gasteiger partial charge in [-0.05, 0) is 109 Å². The molecule has 9 nitrogen and oxygen atoms in total. The molecule has 0 fully saturated rings. The maximum atomic E-state index is 14.7. The van der Waals surface area contributed by atoms with E-state index in [9.17, 15) is 19.2 Å². The van der Waals surface area contributed by atoms with Crippen molar-refractivity contribution in [1.82, 2.24) is 19.6 Å². The molecule has 1 unspecified atom stereocenters. The molecule has 11 heteroatoms. The number of anilines is 1. The van der Waals surface area contributed by atoms with Crippen molar-refractivity contribution in [3.63, 3.8) is 0 Å². The summed E-state index contributed by atoms with van der Waals surface area (Å²) in [5.41, 5.74) is 6.36. The van der Waals surface area contributed by atoms with Gasteiger partial charge in [0.05, 0.1) is 29.6 Å². The summed E-state index contributed by atoms with van der Waals surface area (Å²) in [7, 11) is 0. The molecule has 1 aromatic heterocycles. The number of nitrogens with one attached hydrogen (secondary N) is 1. The van der Waals surface area contributed by atoms with Crippen LogP contribution in [0.3, 0.4) is 0 Å². The van der Waals surface area contributed by atoms with Crippen LogP contribution in [0.1, 0.15) is 77.2 Å². The second kappa shape index (κ2) is 17.5. The predicted octanol–water partition coefficient (Wildman–Crippen LogP) is 8.24. The van der Waals surface area contributed by atoms with Crippen molar-refractivity contribution in [2.45, 2.75) is 70.4 Å². The largest absolute Gasteiger partial charge is 0.588 e. The predicted molar refractivity (Wildman–Crippen MR) is 212 cm³/mol. The lowest BCUT2D eigenvalue weighted by molar-refractivity contribution is 0.0544. The van der Waals surface area contributed by atoms with Crippen molar-refractivity contribution >= 4 is 40.5 Å². The number of unbranched alkanes of at least 4 members (excludes halogenated alkanes) is 2. The fourth-order valence-corrected chi connectivity index (χ4v) is 7.64. The number of aliphatic hydroxyl groups excluding tert-OH is 1. The molecular weight excluding hydrogens is 706 g/mol. The minimum absolute atomic E-state index is 0.134. The molecule has 6 rings (SSSR count). The molecule has 0 saturated carbocycles. The Labute approximate surface area is 319 Å². The fourth-order valence-electron chi connectivity index (χ4n) is 6.68. The monoisotopic (exact) mass is 751 g/mol. The highest BCUT2D eigenvalue weighted by atomic mass is 35.5. The molecule has 53 heavy (non-hydrogen) atoms. The van der Waals surface area contributed by atoms with Gasteiger partial charge >= 0.3 is 0 Å². The van der Waals surface area contributed by atoms with E-state index < -0.39 is 17.4 Å². The van der Waals surface area contributed by atoms with Gasteiger partial charge in [0, 0.05) is 30.4 Å². The van der Waals surface area contributed by atoms with Gasteiger partial charge in [0.2, 0.25) is 0 Å². The van der Waals surface area contributed by atoms with Crippen molar-refractivity contribution in [3.8, 4) is 16.8 Å². The number of carbonyl (C=O) groups is 2. The zero-order valence-electron chi connectivity index (χ0n) is 30.4. The smallest absolute Gasteiger partial charge is 0.274 e. The van der Waals surface area contributed by atoms with E-state index in [1.807, 2.05) is 72.5 Å². The van der Waals surface area contributed by atoms with Crippen molar-refractivity contribution in [2.24, 2.45) is 0 Å². The topological polar surface area (TPSA) is 114 Å². The van der Waals surface area contributed by atoms with Gasteiger partial charge in [-0.25, -0.2) is 9.40 Å². The molecular formula is C42H46ClN5O4S. The zero-order valence-corrected chi connectivity index (χ0v) is 32.0. The average molecular weight is 752 g/mol. The maximum absolute atomic E-state index is 14.7. The summed E-state index contributed by atoms with van der Waals surface area (Å²) in [5, 5.41) is 15.9. The summed E-state index contributed by atoms with van der Waals surface area (Å²) >= 11 is 4.41. The Morgan fingerprint density at radius 3 is 2.21 bits per heavy atom. The number of aromatic nitrogens is 2. The maximum Gasteiger partial charge on any atom is 0.274 e. The van der Waals surface area contributed by atoms with E-state index in [0.29, 0.717) is 64.3 Å². The Hall–Kier alpha value is -4.61. The number of aryl methyl sites for hydroxylation is 1. The SMILES string of the molecule is CCCCN(CCCC)C(=O)c1cc(C)n(-c2ccc(N[S+]([O-])c3ccc(-c4ccc(Cl)cc4)cc3)cc2C(=O)N2Cc3ccccc3C[C@H]2CO)n1. The van der Waals surface area contributed by atoms with Crippen LogP contribution in [0.4, 0.5) is 5.69 Å². The standard InChI is InChI=1S/C42H46ClN5O4S/c1-4-6-22-46(23-7-5-2)42(51)39-24-29(3)48(44-39)40-21-18-35(45-53(52)37-19-14-31(15-20-37)30-12-16-34(43)17-13-30)26-38(40)41(50)47-27-33-11-9-8-10-32(33)25-36(47)28-49/h8-21,24,26,36,45,49H,4-7,22-23,25,27-28H2,1-3H3/t36-,53?/m0/s1. The number of halogens is 1. The molecule has 4 aromatic carbocycles. The van der Waals surface area contributed by atoms with Crippen molar-refractivity contribution < 1.29 is 19.2 Å². The fraction of sp³-hybridized carbons (Fsp3) is 0.310. The highest BCUT2D eigenvalue weighted by Gasteiger charge is 2.32. The van der Waals surface area contributed by atoms with E-state index >= 15 is 0 Å². The number of benzene rings is 4. The third kappa shape index (κ3) is 8.79. The molecule has 0 radical (unpaired) electrons. The first-order chi connectivity index (χ1) is 25.7. The number of hydrogen-bond donors (Lipinski definition) is 2. The van der Waals surface area contributed by atoms with E-state index in [-0.39, 0.29) is 18.4 Å². The number of amides is 2. The molecule has 0 spiro atoms. The Kier molecular flexibility index (Phi) is 12.6. The van der Waals surface area contributed by atoms with Crippen LogP contribution in [0.5, 0.6) is 0 Å². The third-order valence-electron chi connectivity index (χ3n) is 9.70. The number of hydrogen-bond acceptors (Lipinski definition) is 6. The van der Waals surface area contributed by atoms with Crippen LogP contribution in [-0.4, -0.2) is 66.8 Å². The van der Waals surface area contributed by atoms with Crippen LogP contribution in [0, 0.1) is 6.92 Å². The summed E-state index contributed by atoms with van der Waals surface area (Å²) in [6.45, 7) is 7.52. The van der Waals surface area contributed by atoms with Gasteiger partial charge in [0.1, 0.15) is 11.4 Å². The third-order valence-corrected chi connectivity index (χ3v) is 11.1. The molecule has 0 aliphatic carbocycles. The van der Waals surface area contributed by atoms with Gasteiger partial charge in [-0.15, -0.1) is 0 Å². The van der Waals surface area contributed by atoms with Crippen LogP contribution in [-0.2, 0) is 24.3 Å². The minimum atomic E-state index is -1.64. The molecule has 0 bridgehead atoms. The number of carbonyl (C=O) groups excluding carboxylic acids is 2. The molecule has 2 heterocycles. The molecule has 5 aromatic rings. The Balaban J connectivity index is 1.34. The summed E-state index contributed by atoms with van der Waals surface area (Å²) in [5.74, 6) is -0.434. The zero-order chi connectivity index (χ0) is 37.5. The van der Waals surface area contributed by atoms with Crippen molar-refractivity contribution in [1.29, 1.82) is 0 Å². The Bertz CT molecular complexity index is 2030. The molecule has 2 amide bonds. The quantitative estimate of drug-likeness (QED) is 0.111. The van der Waals surface area contributed by atoms with Crippen LogP contribution in [0.2, 0.25) is 5.02 Å². The van der Waals surface area contributed by atoms with Gasteiger partial charge in [0.25, 0.3) is 11.8 Å². The first-order valence-corrected chi connectivity index (χ1v) is 19.8. The normalized spacial score (nSPS) is 14.5. The second-order valence-electron chi connectivity index (χ2n) is 13.5. The Morgan fingerprint density at radius 1 is 0.925 bits per heavy atom. The van der Waals surface area contributed by atoms with Crippen LogP contribution < -0.4 is 4.72 Å². The molecule has 2 atom stereocenters. The van der Waals surface area contributed by atoms with Crippen molar-refractivity contribution in [2.75, 3.05) is 24.4 Å². The van der Waals surface area contributed by atoms with Crippen LogP contribution in [0.25, 0.3) is 16.8 Å². The number of fused-ring (bicyclic) bond motifs is 1.